The van der Waals surface area contributed by atoms with Crippen LogP contribution < -0.4 is 10.1 Å². The first-order valence-electron chi connectivity index (χ1n) is 8.02. The van der Waals surface area contributed by atoms with Crippen LogP contribution in [0.25, 0.3) is 0 Å². The number of aryl methyl sites for hydroxylation is 2. The molecule has 1 N–H and O–H groups in total. The first kappa shape index (κ1) is 16.0. The van der Waals surface area contributed by atoms with E-state index in [0.717, 1.165) is 38.2 Å². The predicted molar refractivity (Wildman–Crippen MR) is 79.8 cm³/mol. The van der Waals surface area contributed by atoms with E-state index in [9.17, 15) is 0 Å². The summed E-state index contributed by atoms with van der Waals surface area (Å²) in [5, 5.41) is 4.77. The highest BCUT2D eigenvalue weighted by Crippen LogP contribution is 2.03. The second-order valence-electron chi connectivity index (χ2n) is 5.07. The van der Waals surface area contributed by atoms with Crippen LogP contribution in [0.15, 0.2) is 0 Å². The van der Waals surface area contributed by atoms with E-state index in [4.69, 9.17) is 5.10 Å². The summed E-state index contributed by atoms with van der Waals surface area (Å²) in [5.41, 5.74) is 3.49. The molecule has 0 aliphatic carbocycles. The van der Waals surface area contributed by atoms with Crippen LogP contribution in [-0.2, 0) is 19.4 Å². The molecule has 0 radical (unpaired) electrons. The van der Waals surface area contributed by atoms with Gasteiger partial charge in [-0.3, -0.25) is 5.43 Å². The largest absolute Gasteiger partial charge is 0.301 e. The van der Waals surface area contributed by atoms with Crippen LogP contribution in [0.1, 0.15) is 71.4 Å². The Labute approximate surface area is 118 Å². The third-order valence-corrected chi connectivity index (χ3v) is 3.43. The van der Waals surface area contributed by atoms with E-state index in [-0.39, 0.29) is 0 Å². The monoisotopic (exact) mass is 267 g/mol. The molecular formula is C15H31N4+. The van der Waals surface area contributed by atoms with Gasteiger partial charge in [-0.1, -0.05) is 40.5 Å². The molecule has 0 saturated carbocycles. The van der Waals surface area contributed by atoms with Crippen LogP contribution in [0.2, 0.25) is 0 Å². The molecule has 0 unspecified atom stereocenters. The molecule has 1 rings (SSSR count). The summed E-state index contributed by atoms with van der Waals surface area (Å²) in [5.74, 6) is 2.46. The van der Waals surface area contributed by atoms with Gasteiger partial charge >= 0.3 is 5.82 Å². The third kappa shape index (κ3) is 4.51. The molecule has 0 saturated heterocycles. The van der Waals surface area contributed by atoms with E-state index in [2.05, 4.69) is 42.5 Å². The van der Waals surface area contributed by atoms with Gasteiger partial charge in [0, 0.05) is 6.42 Å². The Morgan fingerprint density at radius 1 is 1.00 bits per heavy atom. The van der Waals surface area contributed by atoms with Crippen molar-refractivity contribution in [3.05, 3.63) is 11.6 Å². The highest BCUT2D eigenvalue weighted by molar-refractivity contribution is 4.94. The quantitative estimate of drug-likeness (QED) is 0.522. The second kappa shape index (κ2) is 8.94. The molecule has 0 aromatic carbocycles. The molecule has 4 heteroatoms. The molecule has 0 fully saturated rings. The van der Waals surface area contributed by atoms with Crippen LogP contribution >= 0.6 is 0 Å². The van der Waals surface area contributed by atoms with Gasteiger partial charge in [0.25, 0.3) is 5.82 Å². The van der Waals surface area contributed by atoms with Gasteiger partial charge in [0.05, 0.1) is 13.0 Å². The number of aromatic nitrogens is 3. The molecule has 110 valence electrons. The highest BCUT2D eigenvalue weighted by Gasteiger charge is 2.22. The summed E-state index contributed by atoms with van der Waals surface area (Å²) < 4.78 is 4.42. The fourth-order valence-electron chi connectivity index (χ4n) is 2.35. The number of unbranched alkanes of at least 4 members (excludes halogenated alkanes) is 3. The van der Waals surface area contributed by atoms with Crippen LogP contribution in [0.3, 0.4) is 0 Å². The third-order valence-electron chi connectivity index (χ3n) is 3.43. The van der Waals surface area contributed by atoms with Gasteiger partial charge < -0.3 is 0 Å². The maximum Gasteiger partial charge on any atom is 0.301 e. The molecular weight excluding hydrogens is 236 g/mol. The van der Waals surface area contributed by atoms with Crippen LogP contribution in [-0.4, -0.2) is 16.3 Å². The molecule has 0 atom stereocenters. The van der Waals surface area contributed by atoms with Crippen molar-refractivity contribution in [3.8, 4) is 0 Å². The second-order valence-corrected chi connectivity index (χ2v) is 5.07. The van der Waals surface area contributed by atoms with Crippen molar-refractivity contribution in [2.75, 3.05) is 12.0 Å². The normalized spacial score (nSPS) is 10.9. The van der Waals surface area contributed by atoms with Gasteiger partial charge in [-0.05, 0) is 24.4 Å². The molecule has 0 aliphatic rings. The van der Waals surface area contributed by atoms with Crippen molar-refractivity contribution in [2.45, 2.75) is 79.2 Å². The first-order chi connectivity index (χ1) is 9.28. The van der Waals surface area contributed by atoms with E-state index in [1.54, 1.807) is 0 Å². The molecule has 19 heavy (non-hydrogen) atoms. The SMILES string of the molecule is CCCCCC[n+]1nc(CC)n(NCCC)c1CC. The lowest BCUT2D eigenvalue weighted by Gasteiger charge is -2.04. The standard InChI is InChI=1S/C15H31N4/c1-5-9-10-11-13-18-15(8-4)19(16-12-6-2)14(7-3)17-18/h16H,5-13H2,1-4H3/q+1. The van der Waals surface area contributed by atoms with Crippen molar-refractivity contribution < 1.29 is 4.68 Å². The van der Waals surface area contributed by atoms with E-state index in [0.29, 0.717) is 0 Å². The maximum absolute atomic E-state index is 4.77. The lowest BCUT2D eigenvalue weighted by Crippen LogP contribution is -2.41. The van der Waals surface area contributed by atoms with Gasteiger partial charge in [-0.2, -0.15) is 0 Å². The van der Waals surface area contributed by atoms with E-state index >= 15 is 0 Å². The lowest BCUT2D eigenvalue weighted by atomic mass is 10.2. The van der Waals surface area contributed by atoms with Gasteiger partial charge in [0.15, 0.2) is 0 Å². The Balaban J connectivity index is 2.76. The van der Waals surface area contributed by atoms with Gasteiger partial charge in [0.1, 0.15) is 6.54 Å². The molecule has 4 nitrogen and oxygen atoms in total. The van der Waals surface area contributed by atoms with Crippen molar-refractivity contribution in [2.24, 2.45) is 0 Å². The Morgan fingerprint density at radius 3 is 2.37 bits per heavy atom. The summed E-state index contributed by atoms with van der Waals surface area (Å²) in [6.45, 7) is 10.9. The van der Waals surface area contributed by atoms with Gasteiger partial charge in [-0.15, -0.1) is 9.36 Å². The predicted octanol–water partition coefficient (Wildman–Crippen LogP) is 2.83. The number of rotatable bonds is 10. The number of nitrogens with one attached hydrogen (secondary N) is 1. The molecule has 0 amide bonds. The average molecular weight is 267 g/mol. The van der Waals surface area contributed by atoms with Crippen LogP contribution in [0, 0.1) is 0 Å². The Bertz CT molecular complexity index is 357. The zero-order valence-electron chi connectivity index (χ0n) is 13.2. The summed E-state index contributed by atoms with van der Waals surface area (Å²) in [6, 6.07) is 0. The van der Waals surface area contributed by atoms with Crippen molar-refractivity contribution >= 4 is 0 Å². The fourth-order valence-corrected chi connectivity index (χ4v) is 2.35. The van der Waals surface area contributed by atoms with Crippen molar-refractivity contribution in [3.63, 3.8) is 0 Å². The molecule has 0 aliphatic heterocycles. The highest BCUT2D eigenvalue weighted by atomic mass is 15.5. The summed E-state index contributed by atoms with van der Waals surface area (Å²) in [4.78, 5) is 0. The molecule has 1 aromatic rings. The Hall–Kier alpha value is -1.06. The number of nitrogens with zero attached hydrogens (tertiary/aromatic N) is 3. The van der Waals surface area contributed by atoms with E-state index in [1.807, 2.05) is 0 Å². The maximum atomic E-state index is 4.77. The van der Waals surface area contributed by atoms with E-state index in [1.165, 1.54) is 31.5 Å². The lowest BCUT2D eigenvalue weighted by molar-refractivity contribution is -0.758. The Kier molecular flexibility index (Phi) is 7.53. The average Bonchev–Trinajstić information content (AvgIpc) is 2.78. The zero-order chi connectivity index (χ0) is 14.1. The summed E-state index contributed by atoms with van der Waals surface area (Å²) in [7, 11) is 0. The number of hydrogen-bond acceptors (Lipinski definition) is 2. The topological polar surface area (TPSA) is 33.7 Å². The summed E-state index contributed by atoms with van der Waals surface area (Å²) >= 11 is 0. The van der Waals surface area contributed by atoms with Crippen LogP contribution in [0.4, 0.5) is 0 Å². The molecule has 0 spiro atoms. The minimum absolute atomic E-state index is 0.978. The van der Waals surface area contributed by atoms with E-state index < -0.39 is 0 Å². The zero-order valence-corrected chi connectivity index (χ0v) is 13.2. The van der Waals surface area contributed by atoms with Gasteiger partial charge in [-0.25, -0.2) is 0 Å². The minimum atomic E-state index is 0.978. The van der Waals surface area contributed by atoms with Crippen molar-refractivity contribution in [1.82, 2.24) is 9.77 Å². The smallest absolute Gasteiger partial charge is 0.254 e. The Morgan fingerprint density at radius 2 is 1.79 bits per heavy atom. The fraction of sp³-hybridized carbons (Fsp3) is 0.867. The van der Waals surface area contributed by atoms with Gasteiger partial charge in [0.2, 0.25) is 0 Å². The summed E-state index contributed by atoms with van der Waals surface area (Å²) in [6.07, 6.45) is 8.31. The molecule has 1 heterocycles. The number of hydrogen-bond donors (Lipinski definition) is 1. The van der Waals surface area contributed by atoms with Crippen molar-refractivity contribution in [1.29, 1.82) is 0 Å². The molecule has 1 aromatic heterocycles. The molecule has 0 bridgehead atoms. The van der Waals surface area contributed by atoms with Crippen LogP contribution in [0.5, 0.6) is 0 Å². The first-order valence-corrected chi connectivity index (χ1v) is 8.02. The minimum Gasteiger partial charge on any atom is -0.254 e.